The molecule has 17 heavy (non-hydrogen) atoms. The van der Waals surface area contributed by atoms with E-state index in [1.165, 1.54) is 25.3 Å². The number of methoxy groups -OCH3 is 1. The van der Waals surface area contributed by atoms with Gasteiger partial charge < -0.3 is 9.72 Å². The summed E-state index contributed by atoms with van der Waals surface area (Å²) in [6.07, 6.45) is 1.07. The van der Waals surface area contributed by atoms with E-state index in [-0.39, 0.29) is 12.2 Å². The molecule has 0 aromatic carbocycles. The maximum atomic E-state index is 12.7. The molecule has 2 aromatic rings. The molecule has 1 N–H and O–H groups in total. The first-order chi connectivity index (χ1) is 8.19. The van der Waals surface area contributed by atoms with Crippen LogP contribution in [0, 0.1) is 5.82 Å². The van der Waals surface area contributed by atoms with Crippen molar-refractivity contribution in [3.05, 3.63) is 46.3 Å². The fraction of sp³-hybridized carbons (Fsp3) is 0.182. The molecule has 2 aromatic heterocycles. The minimum atomic E-state index is -0.441. The van der Waals surface area contributed by atoms with Gasteiger partial charge >= 0.3 is 0 Å². The Kier molecular flexibility index (Phi) is 3.24. The maximum Gasteiger partial charge on any atom is 0.251 e. The van der Waals surface area contributed by atoms with Gasteiger partial charge in [0.2, 0.25) is 0 Å². The monoisotopic (exact) mass is 235 g/mol. The Morgan fingerprint density at radius 1 is 1.47 bits per heavy atom. The van der Waals surface area contributed by atoms with Crippen molar-refractivity contribution in [1.82, 2.24) is 15.0 Å². The standard InChI is InChI=1S/C11H10FN3O2/c1-17-6-8-4-10(16)15-11(14-8)9-3-2-7(12)5-13-9/h2-5H,6H2,1H3,(H,14,15,16). The molecule has 0 atom stereocenters. The van der Waals surface area contributed by atoms with E-state index in [2.05, 4.69) is 15.0 Å². The molecule has 0 bridgehead atoms. The Labute approximate surface area is 96.3 Å². The third kappa shape index (κ3) is 2.73. The Balaban J connectivity index is 2.44. The molecule has 0 amide bonds. The third-order valence-corrected chi connectivity index (χ3v) is 2.06. The van der Waals surface area contributed by atoms with Gasteiger partial charge in [-0.1, -0.05) is 0 Å². The van der Waals surface area contributed by atoms with Crippen LogP contribution in [0.4, 0.5) is 4.39 Å². The molecule has 0 spiro atoms. The molecule has 0 radical (unpaired) electrons. The summed E-state index contributed by atoms with van der Waals surface area (Å²) in [5.41, 5.74) is 0.604. The van der Waals surface area contributed by atoms with Gasteiger partial charge in [0.25, 0.3) is 5.56 Å². The molecule has 0 aliphatic heterocycles. The normalized spacial score (nSPS) is 10.5. The van der Waals surface area contributed by atoms with Crippen LogP contribution in [0.15, 0.2) is 29.2 Å². The average Bonchev–Trinajstić information content (AvgIpc) is 2.29. The molecule has 5 nitrogen and oxygen atoms in total. The molecule has 0 unspecified atom stereocenters. The molecule has 2 rings (SSSR count). The zero-order valence-electron chi connectivity index (χ0n) is 9.11. The van der Waals surface area contributed by atoms with Gasteiger partial charge in [-0.05, 0) is 12.1 Å². The average molecular weight is 235 g/mol. The second-order valence-electron chi connectivity index (χ2n) is 3.38. The summed E-state index contributed by atoms with van der Waals surface area (Å²) < 4.78 is 17.6. The van der Waals surface area contributed by atoms with E-state index < -0.39 is 5.82 Å². The van der Waals surface area contributed by atoms with Crippen LogP contribution in [0.5, 0.6) is 0 Å². The van der Waals surface area contributed by atoms with Crippen LogP contribution < -0.4 is 5.56 Å². The SMILES string of the molecule is COCc1cc(=O)[nH]c(-c2ccc(F)cn2)n1. The summed E-state index contributed by atoms with van der Waals surface area (Å²) in [5, 5.41) is 0. The van der Waals surface area contributed by atoms with Crippen LogP contribution in [-0.2, 0) is 11.3 Å². The van der Waals surface area contributed by atoms with E-state index in [1.54, 1.807) is 0 Å². The lowest BCUT2D eigenvalue weighted by atomic mass is 10.3. The van der Waals surface area contributed by atoms with Gasteiger partial charge in [0.15, 0.2) is 5.82 Å². The van der Waals surface area contributed by atoms with Crippen LogP contribution in [0.1, 0.15) is 5.69 Å². The molecule has 0 aliphatic carbocycles. The van der Waals surface area contributed by atoms with E-state index in [0.717, 1.165) is 6.20 Å². The van der Waals surface area contributed by atoms with Crippen LogP contribution in [0.2, 0.25) is 0 Å². The number of hydrogen-bond acceptors (Lipinski definition) is 4. The number of halogens is 1. The molecule has 0 saturated heterocycles. The van der Waals surface area contributed by atoms with E-state index in [1.807, 2.05) is 0 Å². The Morgan fingerprint density at radius 3 is 2.94 bits per heavy atom. The Morgan fingerprint density at radius 2 is 2.29 bits per heavy atom. The first-order valence-corrected chi connectivity index (χ1v) is 4.90. The zero-order valence-corrected chi connectivity index (χ0v) is 9.11. The fourth-order valence-corrected chi connectivity index (χ4v) is 1.37. The number of hydrogen-bond donors (Lipinski definition) is 1. The number of aromatic nitrogens is 3. The lowest BCUT2D eigenvalue weighted by molar-refractivity contribution is 0.181. The molecule has 2 heterocycles. The number of H-pyrrole nitrogens is 1. The summed E-state index contributed by atoms with van der Waals surface area (Å²) in [5.74, 6) is -0.145. The number of nitrogens with zero attached hydrogens (tertiary/aromatic N) is 2. The highest BCUT2D eigenvalue weighted by molar-refractivity contribution is 5.48. The van der Waals surface area contributed by atoms with E-state index in [9.17, 15) is 9.18 Å². The topological polar surface area (TPSA) is 67.9 Å². The van der Waals surface area contributed by atoms with Crippen LogP contribution in [-0.4, -0.2) is 22.1 Å². The predicted molar refractivity (Wildman–Crippen MR) is 58.8 cm³/mol. The van der Waals surface area contributed by atoms with E-state index in [4.69, 9.17) is 4.74 Å². The van der Waals surface area contributed by atoms with Crippen molar-refractivity contribution in [3.8, 4) is 11.5 Å². The lowest BCUT2D eigenvalue weighted by Crippen LogP contribution is -2.11. The van der Waals surface area contributed by atoms with Gasteiger partial charge in [-0.15, -0.1) is 0 Å². The highest BCUT2D eigenvalue weighted by atomic mass is 19.1. The van der Waals surface area contributed by atoms with Crippen molar-refractivity contribution in [3.63, 3.8) is 0 Å². The second-order valence-corrected chi connectivity index (χ2v) is 3.38. The highest BCUT2D eigenvalue weighted by Crippen LogP contribution is 2.10. The van der Waals surface area contributed by atoms with Gasteiger partial charge in [-0.2, -0.15) is 0 Å². The number of ether oxygens (including phenoxy) is 1. The van der Waals surface area contributed by atoms with Gasteiger partial charge in [0.1, 0.15) is 11.5 Å². The fourth-order valence-electron chi connectivity index (χ4n) is 1.37. The van der Waals surface area contributed by atoms with Crippen LogP contribution >= 0.6 is 0 Å². The molecular weight excluding hydrogens is 225 g/mol. The minimum absolute atomic E-state index is 0.234. The smallest absolute Gasteiger partial charge is 0.251 e. The molecule has 6 heteroatoms. The zero-order chi connectivity index (χ0) is 12.3. The largest absolute Gasteiger partial charge is 0.378 e. The van der Waals surface area contributed by atoms with Gasteiger partial charge in [-0.25, -0.2) is 14.4 Å². The molecule has 0 aliphatic rings. The predicted octanol–water partition coefficient (Wildman–Crippen LogP) is 1.12. The van der Waals surface area contributed by atoms with Gasteiger partial charge in [0, 0.05) is 13.2 Å². The maximum absolute atomic E-state index is 12.7. The second kappa shape index (κ2) is 4.84. The molecule has 0 saturated carbocycles. The minimum Gasteiger partial charge on any atom is -0.378 e. The van der Waals surface area contributed by atoms with E-state index in [0.29, 0.717) is 17.2 Å². The van der Waals surface area contributed by atoms with Crippen molar-refractivity contribution in [2.45, 2.75) is 6.61 Å². The lowest BCUT2D eigenvalue weighted by Gasteiger charge is -2.02. The first kappa shape index (κ1) is 11.4. The third-order valence-electron chi connectivity index (χ3n) is 2.06. The van der Waals surface area contributed by atoms with Crippen molar-refractivity contribution >= 4 is 0 Å². The highest BCUT2D eigenvalue weighted by Gasteiger charge is 2.05. The van der Waals surface area contributed by atoms with Crippen molar-refractivity contribution < 1.29 is 9.13 Å². The Bertz CT molecular complexity index is 566. The summed E-state index contributed by atoms with van der Waals surface area (Å²) in [6, 6.07) is 4.05. The molecule has 88 valence electrons. The quantitative estimate of drug-likeness (QED) is 0.865. The summed E-state index contributed by atoms with van der Waals surface area (Å²) in [6.45, 7) is 0.234. The van der Waals surface area contributed by atoms with Crippen molar-refractivity contribution in [1.29, 1.82) is 0 Å². The van der Waals surface area contributed by atoms with Crippen molar-refractivity contribution in [2.75, 3.05) is 7.11 Å². The van der Waals surface area contributed by atoms with Crippen molar-refractivity contribution in [2.24, 2.45) is 0 Å². The van der Waals surface area contributed by atoms with Crippen LogP contribution in [0.3, 0.4) is 0 Å². The van der Waals surface area contributed by atoms with Gasteiger partial charge in [-0.3, -0.25) is 4.79 Å². The number of pyridine rings is 1. The van der Waals surface area contributed by atoms with Gasteiger partial charge in [0.05, 0.1) is 18.5 Å². The van der Waals surface area contributed by atoms with Crippen LogP contribution in [0.25, 0.3) is 11.5 Å². The summed E-state index contributed by atoms with van der Waals surface area (Å²) in [7, 11) is 1.51. The summed E-state index contributed by atoms with van der Waals surface area (Å²) >= 11 is 0. The summed E-state index contributed by atoms with van der Waals surface area (Å²) in [4.78, 5) is 21.9. The number of nitrogens with one attached hydrogen (secondary N) is 1. The first-order valence-electron chi connectivity index (χ1n) is 4.90. The molecule has 0 fully saturated rings. The Hall–Kier alpha value is -2.08. The molecular formula is C11H10FN3O2. The number of aromatic amines is 1. The van der Waals surface area contributed by atoms with E-state index >= 15 is 0 Å². The number of rotatable bonds is 3.